The minimum Gasteiger partial charge on any atom is -0.341 e. The Kier molecular flexibility index (Phi) is 3.43. The molecular weight excluding hydrogens is 250 g/mol. The summed E-state index contributed by atoms with van der Waals surface area (Å²) in [4.78, 5) is 16.4. The Hall–Kier alpha value is -2.27. The van der Waals surface area contributed by atoms with Crippen LogP contribution in [0.1, 0.15) is 37.4 Å². The van der Waals surface area contributed by atoms with Crippen molar-refractivity contribution >= 4 is 11.0 Å². The SMILES string of the molecule is CC(NC(C)c1nc2ccccc2[nH]1)c1cnccn1. The van der Waals surface area contributed by atoms with Gasteiger partial charge in [0, 0.05) is 24.6 Å². The number of aromatic nitrogens is 4. The van der Waals surface area contributed by atoms with Crippen LogP contribution in [0.4, 0.5) is 0 Å². The average molecular weight is 267 g/mol. The molecule has 0 bridgehead atoms. The first-order valence-electron chi connectivity index (χ1n) is 6.70. The molecule has 2 aromatic heterocycles. The van der Waals surface area contributed by atoms with Gasteiger partial charge in [-0.3, -0.25) is 15.3 Å². The van der Waals surface area contributed by atoms with E-state index < -0.39 is 0 Å². The lowest BCUT2D eigenvalue weighted by Crippen LogP contribution is -2.24. The number of benzene rings is 1. The molecule has 0 aliphatic rings. The Balaban J connectivity index is 1.77. The molecule has 3 rings (SSSR count). The second kappa shape index (κ2) is 5.38. The van der Waals surface area contributed by atoms with Crippen LogP contribution in [-0.2, 0) is 0 Å². The lowest BCUT2D eigenvalue weighted by atomic mass is 10.2. The van der Waals surface area contributed by atoms with Crippen molar-refractivity contribution in [1.29, 1.82) is 0 Å². The number of hydrogen-bond donors (Lipinski definition) is 2. The van der Waals surface area contributed by atoms with Gasteiger partial charge in [0.2, 0.25) is 0 Å². The Morgan fingerprint density at radius 1 is 1.10 bits per heavy atom. The molecule has 2 atom stereocenters. The smallest absolute Gasteiger partial charge is 0.124 e. The highest BCUT2D eigenvalue weighted by atomic mass is 15.0. The number of para-hydroxylation sites is 2. The van der Waals surface area contributed by atoms with Crippen molar-refractivity contribution < 1.29 is 0 Å². The molecule has 2 unspecified atom stereocenters. The van der Waals surface area contributed by atoms with Crippen LogP contribution >= 0.6 is 0 Å². The van der Waals surface area contributed by atoms with E-state index in [9.17, 15) is 0 Å². The number of H-pyrrole nitrogens is 1. The number of aromatic amines is 1. The first-order valence-corrected chi connectivity index (χ1v) is 6.70. The van der Waals surface area contributed by atoms with Crippen LogP contribution in [0.3, 0.4) is 0 Å². The van der Waals surface area contributed by atoms with Crippen LogP contribution in [0.2, 0.25) is 0 Å². The number of nitrogens with one attached hydrogen (secondary N) is 2. The van der Waals surface area contributed by atoms with Crippen molar-refractivity contribution in [3.63, 3.8) is 0 Å². The van der Waals surface area contributed by atoms with Crippen molar-refractivity contribution in [3.8, 4) is 0 Å². The van der Waals surface area contributed by atoms with E-state index in [4.69, 9.17) is 0 Å². The highest BCUT2D eigenvalue weighted by molar-refractivity contribution is 5.74. The van der Waals surface area contributed by atoms with Crippen molar-refractivity contribution in [3.05, 3.63) is 54.4 Å². The second-order valence-corrected chi connectivity index (χ2v) is 4.88. The van der Waals surface area contributed by atoms with Gasteiger partial charge >= 0.3 is 0 Å². The molecule has 0 aliphatic heterocycles. The Morgan fingerprint density at radius 3 is 2.70 bits per heavy atom. The Labute approximate surface area is 117 Å². The first-order chi connectivity index (χ1) is 9.74. The molecule has 2 heterocycles. The zero-order valence-electron chi connectivity index (χ0n) is 11.5. The summed E-state index contributed by atoms with van der Waals surface area (Å²) in [6, 6.07) is 8.27. The van der Waals surface area contributed by atoms with Gasteiger partial charge in [-0.25, -0.2) is 4.98 Å². The highest BCUT2D eigenvalue weighted by Gasteiger charge is 2.15. The van der Waals surface area contributed by atoms with Crippen LogP contribution in [0, 0.1) is 0 Å². The molecule has 20 heavy (non-hydrogen) atoms. The fraction of sp³-hybridized carbons (Fsp3) is 0.267. The normalized spacial score (nSPS) is 14.3. The van der Waals surface area contributed by atoms with Crippen molar-refractivity contribution in [2.24, 2.45) is 0 Å². The molecule has 2 N–H and O–H groups in total. The molecule has 0 saturated carbocycles. The predicted octanol–water partition coefficient (Wildman–Crippen LogP) is 2.76. The number of nitrogens with zero attached hydrogens (tertiary/aromatic N) is 3. The molecule has 5 heteroatoms. The van der Waals surface area contributed by atoms with E-state index in [0.29, 0.717) is 0 Å². The summed E-state index contributed by atoms with van der Waals surface area (Å²) in [6.45, 7) is 4.16. The predicted molar refractivity (Wildman–Crippen MR) is 78.1 cm³/mol. The lowest BCUT2D eigenvalue weighted by Gasteiger charge is -2.17. The molecule has 102 valence electrons. The summed E-state index contributed by atoms with van der Waals surface area (Å²) in [5.74, 6) is 0.932. The van der Waals surface area contributed by atoms with Gasteiger partial charge in [0.1, 0.15) is 5.82 Å². The third-order valence-corrected chi connectivity index (χ3v) is 3.34. The van der Waals surface area contributed by atoms with E-state index in [1.165, 1.54) is 0 Å². The number of imidazole rings is 1. The number of hydrogen-bond acceptors (Lipinski definition) is 4. The van der Waals surface area contributed by atoms with Crippen LogP contribution in [0.15, 0.2) is 42.9 Å². The van der Waals surface area contributed by atoms with E-state index in [1.807, 2.05) is 24.3 Å². The molecule has 0 amide bonds. The topological polar surface area (TPSA) is 66.5 Å². The molecule has 1 aromatic carbocycles. The van der Waals surface area contributed by atoms with E-state index >= 15 is 0 Å². The molecule has 0 fully saturated rings. The van der Waals surface area contributed by atoms with Crippen molar-refractivity contribution in [2.45, 2.75) is 25.9 Å². The summed E-state index contributed by atoms with van der Waals surface area (Å²) < 4.78 is 0. The molecule has 0 aliphatic carbocycles. The van der Waals surface area contributed by atoms with Crippen LogP contribution in [0.5, 0.6) is 0 Å². The van der Waals surface area contributed by atoms with E-state index in [1.54, 1.807) is 18.6 Å². The number of rotatable bonds is 4. The molecule has 0 radical (unpaired) electrons. The summed E-state index contributed by atoms with van der Waals surface area (Å²) in [7, 11) is 0. The summed E-state index contributed by atoms with van der Waals surface area (Å²) >= 11 is 0. The van der Waals surface area contributed by atoms with Gasteiger partial charge in [0.25, 0.3) is 0 Å². The van der Waals surface area contributed by atoms with Crippen LogP contribution < -0.4 is 5.32 Å². The summed E-state index contributed by atoms with van der Waals surface area (Å²) in [6.07, 6.45) is 5.17. The van der Waals surface area contributed by atoms with Crippen molar-refractivity contribution in [2.75, 3.05) is 0 Å². The highest BCUT2D eigenvalue weighted by Crippen LogP contribution is 2.18. The largest absolute Gasteiger partial charge is 0.341 e. The van der Waals surface area contributed by atoms with Gasteiger partial charge in [-0.05, 0) is 26.0 Å². The van der Waals surface area contributed by atoms with Crippen LogP contribution in [-0.4, -0.2) is 19.9 Å². The summed E-state index contributed by atoms with van der Waals surface area (Å²) in [5, 5.41) is 3.48. The maximum Gasteiger partial charge on any atom is 0.124 e. The zero-order chi connectivity index (χ0) is 13.9. The zero-order valence-corrected chi connectivity index (χ0v) is 11.5. The Bertz CT molecular complexity index is 659. The van der Waals surface area contributed by atoms with Crippen LogP contribution in [0.25, 0.3) is 11.0 Å². The summed E-state index contributed by atoms with van der Waals surface area (Å²) in [5.41, 5.74) is 2.97. The molecule has 0 spiro atoms. The lowest BCUT2D eigenvalue weighted by molar-refractivity contribution is 0.471. The van der Waals surface area contributed by atoms with E-state index in [0.717, 1.165) is 22.6 Å². The molecule has 3 aromatic rings. The van der Waals surface area contributed by atoms with Crippen molar-refractivity contribution in [1.82, 2.24) is 25.3 Å². The average Bonchev–Trinajstić information content (AvgIpc) is 2.92. The fourth-order valence-corrected chi connectivity index (χ4v) is 2.25. The molecule has 5 nitrogen and oxygen atoms in total. The van der Waals surface area contributed by atoms with Gasteiger partial charge in [-0.1, -0.05) is 12.1 Å². The third-order valence-electron chi connectivity index (χ3n) is 3.34. The van der Waals surface area contributed by atoms with Gasteiger partial charge < -0.3 is 4.98 Å². The maximum atomic E-state index is 4.61. The minimum absolute atomic E-state index is 0.111. The van der Waals surface area contributed by atoms with Gasteiger partial charge in [-0.2, -0.15) is 0 Å². The monoisotopic (exact) mass is 267 g/mol. The second-order valence-electron chi connectivity index (χ2n) is 4.88. The fourth-order valence-electron chi connectivity index (χ4n) is 2.25. The van der Waals surface area contributed by atoms with E-state index in [-0.39, 0.29) is 12.1 Å². The van der Waals surface area contributed by atoms with Gasteiger partial charge in [0.15, 0.2) is 0 Å². The van der Waals surface area contributed by atoms with E-state index in [2.05, 4.69) is 39.1 Å². The number of fused-ring (bicyclic) bond motifs is 1. The van der Waals surface area contributed by atoms with Gasteiger partial charge in [0.05, 0.1) is 22.8 Å². The first kappa shape index (κ1) is 12.7. The Morgan fingerprint density at radius 2 is 1.95 bits per heavy atom. The molecular formula is C15H17N5. The van der Waals surface area contributed by atoms with Gasteiger partial charge in [-0.15, -0.1) is 0 Å². The molecule has 0 saturated heterocycles. The third kappa shape index (κ3) is 2.53. The minimum atomic E-state index is 0.111. The standard InChI is InChI=1S/C15H17N5/c1-10(14-9-16-7-8-17-14)18-11(2)15-19-12-5-3-4-6-13(12)20-15/h3-11,18H,1-2H3,(H,19,20). The maximum absolute atomic E-state index is 4.61. The quantitative estimate of drug-likeness (QED) is 0.762.